The molecule has 4 nitrogen and oxygen atoms in total. The van der Waals surface area contributed by atoms with Crippen LogP contribution in [0.15, 0.2) is 0 Å². The zero-order valence-electron chi connectivity index (χ0n) is 8.87. The van der Waals surface area contributed by atoms with Crippen LogP contribution < -0.4 is 5.73 Å². The number of unbranched alkanes of at least 4 members (excludes halogenated alkanes) is 3. The highest BCUT2D eigenvalue weighted by molar-refractivity contribution is 7.86. The largest absolute Gasteiger partial charge is 0.330 e. The molecule has 0 atom stereocenters. The van der Waals surface area contributed by atoms with E-state index in [2.05, 4.69) is 6.92 Å². The first-order valence-corrected chi connectivity index (χ1v) is 6.77. The monoisotopic (exact) mass is 223 g/mol. The lowest BCUT2D eigenvalue weighted by Crippen LogP contribution is -2.13. The molecule has 2 N–H and O–H groups in total. The average Bonchev–Trinajstić information content (AvgIpc) is 2.13. The normalized spacial score (nSPS) is 11.9. The van der Waals surface area contributed by atoms with Gasteiger partial charge in [-0.3, -0.25) is 4.18 Å². The summed E-state index contributed by atoms with van der Waals surface area (Å²) in [7, 11) is -3.29. The minimum atomic E-state index is -3.29. The van der Waals surface area contributed by atoms with E-state index in [0.717, 1.165) is 19.3 Å². The Morgan fingerprint density at radius 3 is 2.43 bits per heavy atom. The van der Waals surface area contributed by atoms with Gasteiger partial charge in [-0.1, -0.05) is 26.2 Å². The first-order chi connectivity index (χ1) is 6.62. The van der Waals surface area contributed by atoms with Crippen molar-refractivity contribution in [2.45, 2.75) is 39.0 Å². The molecule has 0 aromatic heterocycles. The second-order valence-corrected chi connectivity index (χ2v) is 5.05. The van der Waals surface area contributed by atoms with Gasteiger partial charge in [0.25, 0.3) is 10.1 Å². The van der Waals surface area contributed by atoms with Crippen LogP contribution >= 0.6 is 0 Å². The maximum absolute atomic E-state index is 11.2. The summed E-state index contributed by atoms with van der Waals surface area (Å²) in [5.41, 5.74) is 5.22. The standard InChI is InChI=1S/C9H21NO3S/c1-2-3-4-5-9-14(11,12)13-8-6-7-10/h2-10H2,1H3. The zero-order valence-corrected chi connectivity index (χ0v) is 9.68. The van der Waals surface area contributed by atoms with Gasteiger partial charge in [-0.05, 0) is 19.4 Å². The van der Waals surface area contributed by atoms with Crippen LogP contribution in [0.4, 0.5) is 0 Å². The molecule has 0 fully saturated rings. The Labute approximate surface area is 86.9 Å². The molecule has 0 amide bonds. The fourth-order valence-corrected chi connectivity index (χ4v) is 2.08. The van der Waals surface area contributed by atoms with Gasteiger partial charge in [-0.25, -0.2) is 0 Å². The topological polar surface area (TPSA) is 69.4 Å². The van der Waals surface area contributed by atoms with E-state index in [1.165, 1.54) is 0 Å². The lowest BCUT2D eigenvalue weighted by Gasteiger charge is -2.04. The third-order valence-corrected chi connectivity index (χ3v) is 3.17. The van der Waals surface area contributed by atoms with Crippen molar-refractivity contribution >= 4 is 10.1 Å². The molecule has 0 saturated heterocycles. The van der Waals surface area contributed by atoms with Crippen molar-refractivity contribution in [3.63, 3.8) is 0 Å². The summed E-state index contributed by atoms with van der Waals surface area (Å²) in [5.74, 6) is 0.136. The predicted octanol–water partition coefficient (Wildman–Crippen LogP) is 1.26. The average molecular weight is 223 g/mol. The van der Waals surface area contributed by atoms with E-state index in [4.69, 9.17) is 9.92 Å². The Hall–Kier alpha value is -0.130. The van der Waals surface area contributed by atoms with Crippen LogP contribution in [0.25, 0.3) is 0 Å². The van der Waals surface area contributed by atoms with Gasteiger partial charge in [0, 0.05) is 0 Å². The van der Waals surface area contributed by atoms with E-state index in [-0.39, 0.29) is 12.4 Å². The van der Waals surface area contributed by atoms with E-state index >= 15 is 0 Å². The number of hydrogen-bond acceptors (Lipinski definition) is 4. The smallest absolute Gasteiger partial charge is 0.267 e. The van der Waals surface area contributed by atoms with Crippen molar-refractivity contribution in [2.24, 2.45) is 5.73 Å². The fourth-order valence-electron chi connectivity index (χ4n) is 1.03. The highest BCUT2D eigenvalue weighted by Gasteiger charge is 2.09. The number of rotatable bonds is 9. The molecule has 0 saturated carbocycles. The molecule has 0 radical (unpaired) electrons. The third kappa shape index (κ3) is 8.47. The summed E-state index contributed by atoms with van der Waals surface area (Å²) in [6, 6.07) is 0. The molecule has 0 heterocycles. The molecule has 5 heteroatoms. The fraction of sp³-hybridized carbons (Fsp3) is 1.00. The Morgan fingerprint density at radius 2 is 1.86 bits per heavy atom. The second kappa shape index (κ2) is 8.20. The van der Waals surface area contributed by atoms with E-state index in [9.17, 15) is 8.42 Å². The Balaban J connectivity index is 3.52. The Morgan fingerprint density at radius 1 is 1.14 bits per heavy atom. The molecular weight excluding hydrogens is 202 g/mol. The van der Waals surface area contributed by atoms with Crippen LogP contribution in [-0.4, -0.2) is 27.3 Å². The molecule has 0 aromatic carbocycles. The lowest BCUT2D eigenvalue weighted by molar-refractivity contribution is 0.314. The number of nitrogens with two attached hydrogens (primary N) is 1. The van der Waals surface area contributed by atoms with Gasteiger partial charge in [0.1, 0.15) is 0 Å². The van der Waals surface area contributed by atoms with Crippen LogP contribution in [0.3, 0.4) is 0 Å². The van der Waals surface area contributed by atoms with Gasteiger partial charge >= 0.3 is 0 Å². The van der Waals surface area contributed by atoms with Crippen LogP contribution in [-0.2, 0) is 14.3 Å². The van der Waals surface area contributed by atoms with Gasteiger partial charge < -0.3 is 5.73 Å². The van der Waals surface area contributed by atoms with Crippen molar-refractivity contribution < 1.29 is 12.6 Å². The molecule has 0 rings (SSSR count). The second-order valence-electron chi connectivity index (χ2n) is 3.29. The molecule has 0 aromatic rings. The summed E-state index contributed by atoms with van der Waals surface area (Å²) in [6.07, 6.45) is 4.43. The molecule has 0 spiro atoms. The molecule has 14 heavy (non-hydrogen) atoms. The molecule has 0 aliphatic carbocycles. The first-order valence-electron chi connectivity index (χ1n) is 5.19. The summed E-state index contributed by atoms with van der Waals surface area (Å²) < 4.78 is 27.2. The van der Waals surface area contributed by atoms with Crippen molar-refractivity contribution in [1.29, 1.82) is 0 Å². The van der Waals surface area contributed by atoms with Crippen molar-refractivity contribution in [3.8, 4) is 0 Å². The van der Waals surface area contributed by atoms with E-state index in [0.29, 0.717) is 19.4 Å². The lowest BCUT2D eigenvalue weighted by atomic mass is 10.2. The summed E-state index contributed by atoms with van der Waals surface area (Å²) in [6.45, 7) is 2.77. The maximum Gasteiger partial charge on any atom is 0.267 e. The molecular formula is C9H21NO3S. The summed E-state index contributed by atoms with van der Waals surface area (Å²) >= 11 is 0. The van der Waals surface area contributed by atoms with E-state index in [1.54, 1.807) is 0 Å². The van der Waals surface area contributed by atoms with Gasteiger partial charge in [-0.2, -0.15) is 8.42 Å². The van der Waals surface area contributed by atoms with Crippen LogP contribution in [0.5, 0.6) is 0 Å². The minimum Gasteiger partial charge on any atom is -0.330 e. The minimum absolute atomic E-state index is 0.136. The van der Waals surface area contributed by atoms with Gasteiger partial charge in [0.05, 0.1) is 12.4 Å². The van der Waals surface area contributed by atoms with E-state index in [1.807, 2.05) is 0 Å². The zero-order chi connectivity index (χ0) is 10.9. The highest BCUT2D eigenvalue weighted by atomic mass is 32.2. The van der Waals surface area contributed by atoms with Crippen molar-refractivity contribution in [3.05, 3.63) is 0 Å². The molecule has 0 aliphatic heterocycles. The molecule has 0 unspecified atom stereocenters. The quantitative estimate of drug-likeness (QED) is 0.472. The molecule has 0 bridgehead atoms. The van der Waals surface area contributed by atoms with Gasteiger partial charge in [0.15, 0.2) is 0 Å². The molecule has 86 valence electrons. The highest BCUT2D eigenvalue weighted by Crippen LogP contribution is 2.03. The van der Waals surface area contributed by atoms with Crippen LogP contribution in [0, 0.1) is 0 Å². The Bertz CT molecular complexity index is 214. The SMILES string of the molecule is CCCCCCS(=O)(=O)OCCCN. The summed E-state index contributed by atoms with van der Waals surface area (Å²) in [5, 5.41) is 0. The first kappa shape index (κ1) is 13.9. The number of hydrogen-bond donors (Lipinski definition) is 1. The van der Waals surface area contributed by atoms with Crippen molar-refractivity contribution in [2.75, 3.05) is 18.9 Å². The molecule has 0 aliphatic rings. The van der Waals surface area contributed by atoms with E-state index < -0.39 is 10.1 Å². The van der Waals surface area contributed by atoms with Gasteiger partial charge in [0.2, 0.25) is 0 Å². The van der Waals surface area contributed by atoms with Crippen molar-refractivity contribution in [1.82, 2.24) is 0 Å². The summed E-state index contributed by atoms with van der Waals surface area (Å²) in [4.78, 5) is 0. The predicted molar refractivity (Wildman–Crippen MR) is 57.6 cm³/mol. The third-order valence-electron chi connectivity index (χ3n) is 1.86. The van der Waals surface area contributed by atoms with Crippen LogP contribution in [0.2, 0.25) is 0 Å². The van der Waals surface area contributed by atoms with Crippen LogP contribution in [0.1, 0.15) is 39.0 Å². The Kier molecular flexibility index (Phi) is 8.12. The van der Waals surface area contributed by atoms with Gasteiger partial charge in [-0.15, -0.1) is 0 Å². The maximum atomic E-state index is 11.2.